The predicted octanol–water partition coefficient (Wildman–Crippen LogP) is 3.51. The molecule has 5 heteroatoms. The molecule has 96 valence electrons. The number of hydrogen-bond acceptors (Lipinski definition) is 4. The van der Waals surface area contributed by atoms with E-state index in [0.717, 1.165) is 0 Å². The van der Waals surface area contributed by atoms with Gasteiger partial charge in [0.1, 0.15) is 11.5 Å². The van der Waals surface area contributed by atoms with Gasteiger partial charge >= 0.3 is 7.60 Å². The van der Waals surface area contributed by atoms with Crippen LogP contribution in [-0.4, -0.2) is 12.4 Å². The molecule has 0 N–H and O–H groups in total. The molecule has 3 rings (SSSR count). The summed E-state index contributed by atoms with van der Waals surface area (Å²) in [6, 6.07) is 13.5. The molecule has 0 saturated heterocycles. The first-order valence-corrected chi connectivity index (χ1v) is 7.75. The molecule has 0 fully saturated rings. The summed E-state index contributed by atoms with van der Waals surface area (Å²) in [5.74, 6) is 0.367. The van der Waals surface area contributed by atoms with Crippen molar-refractivity contribution in [3.05, 3.63) is 59.7 Å². The number of rotatable bonds is 0. The van der Waals surface area contributed by atoms with Gasteiger partial charge in [0.05, 0.1) is 17.8 Å². The first kappa shape index (κ1) is 12.0. The maximum atomic E-state index is 12.4. The second-order valence-electron chi connectivity index (χ2n) is 4.28. The molecule has 2 aromatic rings. The van der Waals surface area contributed by atoms with Crippen LogP contribution in [0.5, 0.6) is 11.5 Å². The molecule has 19 heavy (non-hydrogen) atoms. The molecule has 0 saturated carbocycles. The van der Waals surface area contributed by atoms with Crippen LogP contribution in [0.2, 0.25) is 0 Å². The highest BCUT2D eigenvalue weighted by Gasteiger charge is 2.29. The first-order chi connectivity index (χ1) is 9.07. The second-order valence-corrected chi connectivity index (χ2v) is 6.18. The van der Waals surface area contributed by atoms with Crippen molar-refractivity contribution < 1.29 is 18.4 Å². The highest BCUT2D eigenvalue weighted by atomic mass is 31.2. The van der Waals surface area contributed by atoms with Crippen molar-refractivity contribution in [1.82, 2.24) is 0 Å². The molecular formula is C14H11O4P. The van der Waals surface area contributed by atoms with Crippen molar-refractivity contribution in [2.45, 2.75) is 0 Å². The Labute approximate surface area is 110 Å². The van der Waals surface area contributed by atoms with Crippen molar-refractivity contribution in [3.63, 3.8) is 0 Å². The van der Waals surface area contributed by atoms with Gasteiger partial charge in [-0.05, 0) is 24.3 Å². The Morgan fingerprint density at radius 3 is 1.74 bits per heavy atom. The van der Waals surface area contributed by atoms with Crippen LogP contribution in [0.1, 0.15) is 15.9 Å². The van der Waals surface area contributed by atoms with E-state index in [-0.39, 0.29) is 17.3 Å². The first-order valence-electron chi connectivity index (χ1n) is 5.76. The number of fused-ring (bicyclic) bond motifs is 2. The van der Waals surface area contributed by atoms with Crippen molar-refractivity contribution in [1.29, 1.82) is 0 Å². The predicted molar refractivity (Wildman–Crippen MR) is 71.1 cm³/mol. The Morgan fingerprint density at radius 2 is 1.26 bits per heavy atom. The minimum atomic E-state index is -3.30. The van der Waals surface area contributed by atoms with E-state index in [2.05, 4.69) is 0 Å². The number of para-hydroxylation sites is 2. The second kappa shape index (κ2) is 4.25. The molecule has 2 aromatic carbocycles. The molecule has 0 atom stereocenters. The molecule has 0 unspecified atom stereocenters. The zero-order valence-corrected chi connectivity index (χ0v) is 11.1. The highest BCUT2D eigenvalue weighted by molar-refractivity contribution is 7.53. The van der Waals surface area contributed by atoms with Gasteiger partial charge in [-0.25, -0.2) is 4.57 Å². The number of carbonyl (C=O) groups excluding carboxylic acids is 1. The van der Waals surface area contributed by atoms with E-state index in [4.69, 9.17) is 9.05 Å². The molecule has 1 aliphatic rings. The number of carbonyl (C=O) groups is 1. The summed E-state index contributed by atoms with van der Waals surface area (Å²) >= 11 is 0. The maximum Gasteiger partial charge on any atom is 0.427 e. The van der Waals surface area contributed by atoms with Crippen LogP contribution in [0.25, 0.3) is 0 Å². The fourth-order valence-electron chi connectivity index (χ4n) is 1.99. The smallest absolute Gasteiger partial charge is 0.415 e. The lowest BCUT2D eigenvalue weighted by molar-refractivity contribution is 0.103. The Balaban J connectivity index is 2.27. The largest absolute Gasteiger partial charge is 0.427 e. The van der Waals surface area contributed by atoms with E-state index >= 15 is 0 Å². The van der Waals surface area contributed by atoms with Gasteiger partial charge in [-0.1, -0.05) is 24.3 Å². The molecule has 0 radical (unpaired) electrons. The van der Waals surface area contributed by atoms with Gasteiger partial charge in [-0.15, -0.1) is 0 Å². The normalized spacial score (nSPS) is 16.2. The lowest BCUT2D eigenvalue weighted by atomic mass is 10.0. The van der Waals surface area contributed by atoms with Crippen LogP contribution in [0.3, 0.4) is 0 Å². The Hall–Kier alpha value is -2.06. The summed E-state index contributed by atoms with van der Waals surface area (Å²) in [5.41, 5.74) is 0.778. The average Bonchev–Trinajstić information content (AvgIpc) is 2.37. The van der Waals surface area contributed by atoms with E-state index < -0.39 is 7.60 Å². The van der Waals surface area contributed by atoms with E-state index in [1.807, 2.05) is 0 Å². The number of hydrogen-bond donors (Lipinski definition) is 0. The summed E-state index contributed by atoms with van der Waals surface area (Å²) < 4.78 is 23.0. The van der Waals surface area contributed by atoms with Gasteiger partial charge in [0, 0.05) is 0 Å². The monoisotopic (exact) mass is 274 g/mol. The zero-order valence-electron chi connectivity index (χ0n) is 10.2. The van der Waals surface area contributed by atoms with E-state index in [9.17, 15) is 9.36 Å². The quantitative estimate of drug-likeness (QED) is 0.690. The minimum absolute atomic E-state index is 0.203. The standard InChI is InChI=1S/C14H11O4P/c1-19(16)17-12-8-4-2-6-10(12)14(15)11-7-3-5-9-13(11)18-19/h2-9H,1H3. The Bertz CT molecular complexity index is 653. The van der Waals surface area contributed by atoms with Crippen molar-refractivity contribution in [2.75, 3.05) is 6.66 Å². The highest BCUT2D eigenvalue weighted by Crippen LogP contribution is 2.48. The summed E-state index contributed by atoms with van der Waals surface area (Å²) in [6.45, 7) is 1.39. The van der Waals surface area contributed by atoms with Crippen LogP contribution in [0.4, 0.5) is 0 Å². The third kappa shape index (κ3) is 2.15. The van der Waals surface area contributed by atoms with Gasteiger partial charge in [-0.2, -0.15) is 0 Å². The molecule has 4 nitrogen and oxygen atoms in total. The Kier molecular flexibility index (Phi) is 2.68. The molecule has 1 heterocycles. The van der Waals surface area contributed by atoms with E-state index in [1.165, 1.54) is 6.66 Å². The fraction of sp³-hybridized carbons (Fsp3) is 0.0714. The lowest BCUT2D eigenvalue weighted by Gasteiger charge is -2.22. The van der Waals surface area contributed by atoms with Crippen LogP contribution in [-0.2, 0) is 4.57 Å². The molecular weight excluding hydrogens is 263 g/mol. The third-order valence-electron chi connectivity index (χ3n) is 2.79. The third-order valence-corrected chi connectivity index (χ3v) is 3.85. The van der Waals surface area contributed by atoms with Crippen LogP contribution in [0, 0.1) is 0 Å². The van der Waals surface area contributed by atoms with Crippen LogP contribution in [0.15, 0.2) is 48.5 Å². The van der Waals surface area contributed by atoms with Gasteiger partial charge in [-0.3, -0.25) is 4.79 Å². The lowest BCUT2D eigenvalue weighted by Crippen LogP contribution is -2.12. The molecule has 1 aliphatic heterocycles. The van der Waals surface area contributed by atoms with Crippen LogP contribution >= 0.6 is 7.60 Å². The fourth-order valence-corrected chi connectivity index (χ4v) is 3.06. The van der Waals surface area contributed by atoms with Gasteiger partial charge < -0.3 is 9.05 Å². The molecule has 0 bridgehead atoms. The molecule has 0 aliphatic carbocycles. The van der Waals surface area contributed by atoms with Gasteiger partial charge in [0.25, 0.3) is 0 Å². The Morgan fingerprint density at radius 1 is 0.842 bits per heavy atom. The zero-order chi connectivity index (χ0) is 13.5. The molecule has 0 amide bonds. The van der Waals surface area contributed by atoms with Crippen molar-refractivity contribution in [3.8, 4) is 11.5 Å². The van der Waals surface area contributed by atoms with E-state index in [1.54, 1.807) is 48.5 Å². The topological polar surface area (TPSA) is 52.6 Å². The molecule has 0 spiro atoms. The minimum Gasteiger partial charge on any atom is -0.415 e. The van der Waals surface area contributed by atoms with Crippen molar-refractivity contribution >= 4 is 13.4 Å². The van der Waals surface area contributed by atoms with Gasteiger partial charge in [0.15, 0.2) is 0 Å². The van der Waals surface area contributed by atoms with Gasteiger partial charge in [0.2, 0.25) is 5.78 Å². The SMILES string of the molecule is CP1(=O)Oc2ccccc2C(=O)c2ccccc2O1. The summed E-state index contributed by atoms with van der Waals surface area (Å²) in [4.78, 5) is 12.4. The van der Waals surface area contributed by atoms with Crippen LogP contribution < -0.4 is 9.05 Å². The number of benzene rings is 2. The van der Waals surface area contributed by atoms with Crippen molar-refractivity contribution in [2.24, 2.45) is 0 Å². The summed E-state index contributed by atoms with van der Waals surface area (Å²) in [7, 11) is -3.30. The molecule has 0 aromatic heterocycles. The summed E-state index contributed by atoms with van der Waals surface area (Å²) in [6.07, 6.45) is 0. The number of ketones is 1. The van der Waals surface area contributed by atoms with E-state index in [0.29, 0.717) is 11.1 Å². The maximum absolute atomic E-state index is 12.4. The average molecular weight is 274 g/mol. The summed E-state index contributed by atoms with van der Waals surface area (Å²) in [5, 5.41) is 0.